The third-order valence-corrected chi connectivity index (χ3v) is 8.66. The summed E-state index contributed by atoms with van der Waals surface area (Å²) in [6.45, 7) is 0.192. The van der Waals surface area contributed by atoms with E-state index in [4.69, 9.17) is 23.2 Å². The molecule has 2 amide bonds. The Hall–Kier alpha value is -2.08. The molecule has 5 nitrogen and oxygen atoms in total. The number of hydrogen-bond acceptors (Lipinski definition) is 3. The molecule has 1 heterocycles. The van der Waals surface area contributed by atoms with Gasteiger partial charge in [-0.1, -0.05) is 79.9 Å². The predicted octanol–water partition coefficient (Wildman–Crippen LogP) is 6.47. The summed E-state index contributed by atoms with van der Waals surface area (Å²) in [4.78, 5) is 29.8. The molecule has 2 aliphatic carbocycles. The first-order valence-corrected chi connectivity index (χ1v) is 14.1. The monoisotopic (exact) mass is 527 g/mol. The first-order chi connectivity index (χ1) is 17.5. The van der Waals surface area contributed by atoms with Crippen LogP contribution in [0.5, 0.6) is 0 Å². The molecule has 2 N–H and O–H groups in total. The summed E-state index contributed by atoms with van der Waals surface area (Å²) in [5.74, 6) is -0.0936. The number of benzene rings is 2. The van der Waals surface area contributed by atoms with Crippen molar-refractivity contribution in [1.29, 1.82) is 0 Å². The fraction of sp³-hybridized carbons (Fsp3) is 0.517. The first-order valence-electron chi connectivity index (χ1n) is 13.4. The van der Waals surface area contributed by atoms with Crippen molar-refractivity contribution in [3.63, 3.8) is 0 Å². The Morgan fingerprint density at radius 1 is 0.944 bits per heavy atom. The number of fused-ring (bicyclic) bond motifs is 1. The van der Waals surface area contributed by atoms with Gasteiger partial charge < -0.3 is 10.6 Å². The minimum absolute atomic E-state index is 0.00755. The maximum Gasteiger partial charge on any atom is 0.249 e. The Labute approximate surface area is 223 Å². The summed E-state index contributed by atoms with van der Waals surface area (Å²) in [5, 5.41) is 7.62. The molecule has 0 saturated heterocycles. The highest BCUT2D eigenvalue weighted by Gasteiger charge is 2.53. The van der Waals surface area contributed by atoms with E-state index in [9.17, 15) is 9.59 Å². The third-order valence-electron chi connectivity index (χ3n) is 8.19. The molecule has 0 aromatic heterocycles. The second kappa shape index (κ2) is 11.1. The normalized spacial score (nSPS) is 22.9. The molecule has 2 aromatic rings. The number of halogens is 2. The van der Waals surface area contributed by atoms with Crippen molar-refractivity contribution in [2.45, 2.75) is 88.3 Å². The van der Waals surface area contributed by atoms with Gasteiger partial charge >= 0.3 is 0 Å². The Bertz CT molecular complexity index is 1110. The molecular formula is C29H35Cl2N3O2. The van der Waals surface area contributed by atoms with Gasteiger partial charge in [-0.05, 0) is 55.5 Å². The van der Waals surface area contributed by atoms with Crippen LogP contribution in [0.25, 0.3) is 0 Å². The molecule has 5 rings (SSSR count). The van der Waals surface area contributed by atoms with Gasteiger partial charge in [0.15, 0.2) is 0 Å². The topological polar surface area (TPSA) is 61.4 Å². The molecule has 2 saturated carbocycles. The largest absolute Gasteiger partial charge is 0.352 e. The van der Waals surface area contributed by atoms with E-state index >= 15 is 0 Å². The lowest BCUT2D eigenvalue weighted by molar-refractivity contribution is -0.135. The van der Waals surface area contributed by atoms with Crippen molar-refractivity contribution >= 4 is 40.7 Å². The molecule has 0 radical (unpaired) electrons. The van der Waals surface area contributed by atoms with Crippen LogP contribution < -0.4 is 10.6 Å². The standard InChI is InChI=1S/C29H35Cl2N3O2/c30-21-9-7-8-20(16-21)18-29(25-15-14-22(31)17-26(25)33-28(29)36)34(24-12-5-2-6-13-24)19-27(35)32-23-10-3-1-4-11-23/h7-9,14-17,23-24H,1-6,10-13,18-19H2,(H,32,35)(H,33,36). The minimum atomic E-state index is -1.02. The average molecular weight is 529 g/mol. The van der Waals surface area contributed by atoms with E-state index in [-0.39, 0.29) is 30.4 Å². The molecule has 1 aliphatic heterocycles. The van der Waals surface area contributed by atoms with E-state index < -0.39 is 5.54 Å². The zero-order chi connectivity index (χ0) is 25.1. The molecule has 3 aliphatic rings. The summed E-state index contributed by atoms with van der Waals surface area (Å²) in [6.07, 6.45) is 11.4. The highest BCUT2D eigenvalue weighted by molar-refractivity contribution is 6.31. The number of carbonyl (C=O) groups is 2. The number of anilines is 1. The van der Waals surface area contributed by atoms with Gasteiger partial charge in [-0.2, -0.15) is 0 Å². The van der Waals surface area contributed by atoms with Crippen LogP contribution in [0.2, 0.25) is 10.0 Å². The fourth-order valence-corrected chi connectivity index (χ4v) is 6.86. The SMILES string of the molecule is O=C(CN(C1CCCCC1)C1(Cc2cccc(Cl)c2)C(=O)Nc2cc(Cl)ccc21)NC1CCCCC1. The molecule has 0 bridgehead atoms. The van der Waals surface area contributed by atoms with Gasteiger partial charge in [0.25, 0.3) is 0 Å². The molecular weight excluding hydrogens is 493 g/mol. The van der Waals surface area contributed by atoms with Gasteiger partial charge in [0.2, 0.25) is 11.8 Å². The van der Waals surface area contributed by atoms with Gasteiger partial charge in [0.1, 0.15) is 5.54 Å². The van der Waals surface area contributed by atoms with Crippen molar-refractivity contribution < 1.29 is 9.59 Å². The molecule has 36 heavy (non-hydrogen) atoms. The van der Waals surface area contributed by atoms with Crippen LogP contribution in [0.3, 0.4) is 0 Å². The lowest BCUT2D eigenvalue weighted by atomic mass is 9.80. The molecule has 0 spiro atoms. The molecule has 1 atom stereocenters. The molecule has 2 fully saturated rings. The van der Waals surface area contributed by atoms with Crippen LogP contribution in [-0.4, -0.2) is 35.3 Å². The van der Waals surface area contributed by atoms with Gasteiger partial charge in [-0.25, -0.2) is 0 Å². The summed E-state index contributed by atoms with van der Waals surface area (Å²) in [5.41, 5.74) is 1.56. The number of nitrogens with one attached hydrogen (secondary N) is 2. The van der Waals surface area contributed by atoms with Crippen molar-refractivity contribution in [3.05, 3.63) is 63.6 Å². The summed E-state index contributed by atoms with van der Waals surface area (Å²) < 4.78 is 0. The third kappa shape index (κ3) is 5.29. The van der Waals surface area contributed by atoms with Crippen LogP contribution >= 0.6 is 23.2 Å². The number of rotatable bonds is 7. The molecule has 2 aromatic carbocycles. The van der Waals surface area contributed by atoms with Gasteiger partial charge in [0, 0.05) is 39.8 Å². The second-order valence-corrected chi connectivity index (χ2v) is 11.5. The van der Waals surface area contributed by atoms with Crippen LogP contribution in [0, 0.1) is 0 Å². The summed E-state index contributed by atoms with van der Waals surface area (Å²) >= 11 is 12.7. The van der Waals surface area contributed by atoms with E-state index in [1.807, 2.05) is 42.5 Å². The van der Waals surface area contributed by atoms with E-state index in [2.05, 4.69) is 15.5 Å². The van der Waals surface area contributed by atoms with E-state index in [1.165, 1.54) is 12.8 Å². The summed E-state index contributed by atoms with van der Waals surface area (Å²) in [7, 11) is 0. The Kier molecular flexibility index (Phi) is 7.90. The number of hydrogen-bond donors (Lipinski definition) is 2. The maximum absolute atomic E-state index is 14.0. The van der Waals surface area contributed by atoms with E-state index in [0.717, 1.165) is 68.2 Å². The predicted molar refractivity (Wildman–Crippen MR) is 146 cm³/mol. The van der Waals surface area contributed by atoms with Crippen molar-refractivity contribution in [1.82, 2.24) is 10.2 Å². The zero-order valence-electron chi connectivity index (χ0n) is 20.7. The van der Waals surface area contributed by atoms with Crippen LogP contribution in [0.1, 0.15) is 75.3 Å². The van der Waals surface area contributed by atoms with Crippen LogP contribution in [0.15, 0.2) is 42.5 Å². The Balaban J connectivity index is 1.56. The van der Waals surface area contributed by atoms with E-state index in [0.29, 0.717) is 16.5 Å². The first kappa shape index (κ1) is 25.6. The van der Waals surface area contributed by atoms with E-state index in [1.54, 1.807) is 0 Å². The van der Waals surface area contributed by atoms with Gasteiger partial charge in [0.05, 0.1) is 6.54 Å². The quantitative estimate of drug-likeness (QED) is 0.433. The number of amides is 2. The number of carbonyl (C=O) groups excluding carboxylic acids is 2. The second-order valence-electron chi connectivity index (χ2n) is 10.6. The van der Waals surface area contributed by atoms with Gasteiger partial charge in [-0.15, -0.1) is 0 Å². The maximum atomic E-state index is 14.0. The molecule has 1 unspecified atom stereocenters. The Morgan fingerprint density at radius 2 is 1.64 bits per heavy atom. The highest BCUT2D eigenvalue weighted by atomic mass is 35.5. The lowest BCUT2D eigenvalue weighted by Gasteiger charge is -2.45. The number of nitrogens with zero attached hydrogens (tertiary/aromatic N) is 1. The molecule has 192 valence electrons. The molecule has 7 heteroatoms. The fourth-order valence-electron chi connectivity index (χ4n) is 6.48. The van der Waals surface area contributed by atoms with Crippen molar-refractivity contribution in [3.8, 4) is 0 Å². The highest BCUT2D eigenvalue weighted by Crippen LogP contribution is 2.46. The van der Waals surface area contributed by atoms with Crippen LogP contribution in [0.4, 0.5) is 5.69 Å². The zero-order valence-corrected chi connectivity index (χ0v) is 22.2. The van der Waals surface area contributed by atoms with Crippen LogP contribution in [-0.2, 0) is 21.5 Å². The Morgan fingerprint density at radius 3 is 2.36 bits per heavy atom. The van der Waals surface area contributed by atoms with Crippen molar-refractivity contribution in [2.24, 2.45) is 0 Å². The van der Waals surface area contributed by atoms with Crippen molar-refractivity contribution in [2.75, 3.05) is 11.9 Å². The average Bonchev–Trinajstić information content (AvgIpc) is 3.14. The smallest absolute Gasteiger partial charge is 0.249 e. The lowest BCUT2D eigenvalue weighted by Crippen LogP contribution is -2.60. The summed E-state index contributed by atoms with van der Waals surface area (Å²) in [6, 6.07) is 13.7. The minimum Gasteiger partial charge on any atom is -0.352 e. The van der Waals surface area contributed by atoms with Gasteiger partial charge in [-0.3, -0.25) is 14.5 Å².